The summed E-state index contributed by atoms with van der Waals surface area (Å²) in [6.45, 7) is 8.49. The van der Waals surface area contributed by atoms with Gasteiger partial charge in [0.2, 0.25) is 11.8 Å². The van der Waals surface area contributed by atoms with Gasteiger partial charge in [-0.25, -0.2) is 0 Å². The van der Waals surface area contributed by atoms with Crippen molar-refractivity contribution in [3.63, 3.8) is 0 Å². The molecule has 1 aliphatic heterocycles. The second kappa shape index (κ2) is 10.1. The van der Waals surface area contributed by atoms with Gasteiger partial charge in [0.15, 0.2) is 0 Å². The number of carbonyl (C=O) groups excluding carboxylic acids is 2. The van der Waals surface area contributed by atoms with Gasteiger partial charge in [0.05, 0.1) is 18.8 Å². The van der Waals surface area contributed by atoms with Gasteiger partial charge in [0.25, 0.3) is 0 Å². The second-order valence-corrected chi connectivity index (χ2v) is 7.47. The van der Waals surface area contributed by atoms with E-state index >= 15 is 0 Å². The molecule has 1 fully saturated rings. The molecule has 1 aromatic carbocycles. The lowest BCUT2D eigenvalue weighted by Gasteiger charge is -2.34. The second-order valence-electron chi connectivity index (χ2n) is 7.47. The number of pyridine rings is 1. The fourth-order valence-corrected chi connectivity index (χ4v) is 3.46. The Bertz CT molecular complexity index is 812. The van der Waals surface area contributed by atoms with Crippen LogP contribution in [0, 0.1) is 13.8 Å². The zero-order valence-corrected chi connectivity index (χ0v) is 17.1. The van der Waals surface area contributed by atoms with Crippen LogP contribution in [0.25, 0.3) is 0 Å². The van der Waals surface area contributed by atoms with Crippen molar-refractivity contribution in [1.29, 1.82) is 0 Å². The standard InChI is InChI=1S/C22H29N5O2/c1-17-6-5-7-18(2)22(17)25-20(28)14-24-21(29)16-27-12-10-26(11-13-27)15-19-8-3-4-9-23-19/h3-9H,10-16H2,1-2H3,(H,24,29)(H,25,28). The highest BCUT2D eigenvalue weighted by Gasteiger charge is 2.19. The Balaban J connectivity index is 1.36. The van der Waals surface area contributed by atoms with E-state index in [9.17, 15) is 9.59 Å². The Kier molecular flexibility index (Phi) is 7.32. The molecule has 2 heterocycles. The van der Waals surface area contributed by atoms with Crippen molar-refractivity contribution in [1.82, 2.24) is 20.1 Å². The molecule has 154 valence electrons. The summed E-state index contributed by atoms with van der Waals surface area (Å²) in [6.07, 6.45) is 1.81. The fourth-order valence-electron chi connectivity index (χ4n) is 3.46. The van der Waals surface area contributed by atoms with Gasteiger partial charge < -0.3 is 10.6 Å². The molecule has 2 amide bonds. The molecular weight excluding hydrogens is 366 g/mol. The number of nitrogens with one attached hydrogen (secondary N) is 2. The van der Waals surface area contributed by atoms with Crippen molar-refractivity contribution >= 4 is 17.5 Å². The van der Waals surface area contributed by atoms with Crippen molar-refractivity contribution < 1.29 is 9.59 Å². The monoisotopic (exact) mass is 395 g/mol. The number of anilines is 1. The van der Waals surface area contributed by atoms with Gasteiger partial charge in [-0.15, -0.1) is 0 Å². The number of aromatic nitrogens is 1. The van der Waals surface area contributed by atoms with E-state index in [1.165, 1.54) is 0 Å². The maximum atomic E-state index is 12.2. The number of aryl methyl sites for hydroxylation is 2. The largest absolute Gasteiger partial charge is 0.346 e. The van der Waals surface area contributed by atoms with E-state index in [4.69, 9.17) is 0 Å². The van der Waals surface area contributed by atoms with Crippen LogP contribution in [0.15, 0.2) is 42.6 Å². The molecule has 1 aromatic heterocycles. The summed E-state index contributed by atoms with van der Waals surface area (Å²) in [4.78, 5) is 33.2. The SMILES string of the molecule is Cc1cccc(C)c1NC(=O)CNC(=O)CN1CCN(Cc2ccccn2)CC1. The van der Waals surface area contributed by atoms with E-state index in [0.29, 0.717) is 6.54 Å². The number of benzene rings is 1. The van der Waals surface area contributed by atoms with Gasteiger partial charge in [-0.05, 0) is 37.1 Å². The zero-order valence-electron chi connectivity index (χ0n) is 17.1. The third kappa shape index (κ3) is 6.37. The first-order valence-corrected chi connectivity index (χ1v) is 9.98. The number of hydrogen-bond acceptors (Lipinski definition) is 5. The third-order valence-corrected chi connectivity index (χ3v) is 5.14. The van der Waals surface area contributed by atoms with Gasteiger partial charge in [0.1, 0.15) is 0 Å². The normalized spacial score (nSPS) is 15.1. The summed E-state index contributed by atoms with van der Waals surface area (Å²) in [5, 5.41) is 5.61. The Morgan fingerprint density at radius 2 is 1.62 bits per heavy atom. The summed E-state index contributed by atoms with van der Waals surface area (Å²) < 4.78 is 0. The summed E-state index contributed by atoms with van der Waals surface area (Å²) in [6, 6.07) is 11.8. The van der Waals surface area contributed by atoms with Crippen LogP contribution in [-0.2, 0) is 16.1 Å². The summed E-state index contributed by atoms with van der Waals surface area (Å²) >= 11 is 0. The predicted molar refractivity (Wildman–Crippen MR) is 114 cm³/mol. The molecule has 2 N–H and O–H groups in total. The highest BCUT2D eigenvalue weighted by atomic mass is 16.2. The molecule has 29 heavy (non-hydrogen) atoms. The molecule has 0 aliphatic carbocycles. The van der Waals surface area contributed by atoms with Crippen LogP contribution in [0.5, 0.6) is 0 Å². The first kappa shape index (κ1) is 21.0. The molecule has 7 nitrogen and oxygen atoms in total. The van der Waals surface area contributed by atoms with Crippen molar-refractivity contribution in [2.75, 3.05) is 44.6 Å². The van der Waals surface area contributed by atoms with Crippen LogP contribution >= 0.6 is 0 Å². The fraction of sp³-hybridized carbons (Fsp3) is 0.409. The number of hydrogen-bond donors (Lipinski definition) is 2. The van der Waals surface area contributed by atoms with E-state index in [-0.39, 0.29) is 18.4 Å². The van der Waals surface area contributed by atoms with Crippen LogP contribution in [0.1, 0.15) is 16.8 Å². The molecule has 3 rings (SSSR count). The summed E-state index contributed by atoms with van der Waals surface area (Å²) in [5.74, 6) is -0.337. The van der Waals surface area contributed by atoms with E-state index in [1.54, 1.807) is 0 Å². The average Bonchev–Trinajstić information content (AvgIpc) is 2.72. The molecule has 7 heteroatoms. The van der Waals surface area contributed by atoms with Crippen molar-refractivity contribution in [2.45, 2.75) is 20.4 Å². The number of para-hydroxylation sites is 1. The van der Waals surface area contributed by atoms with E-state index in [1.807, 2.05) is 56.4 Å². The molecule has 1 saturated heterocycles. The molecule has 0 radical (unpaired) electrons. The van der Waals surface area contributed by atoms with Gasteiger partial charge in [-0.2, -0.15) is 0 Å². The molecule has 0 unspecified atom stereocenters. The molecule has 2 aromatic rings. The molecule has 0 bridgehead atoms. The first-order chi connectivity index (χ1) is 14.0. The van der Waals surface area contributed by atoms with Gasteiger partial charge in [-0.1, -0.05) is 24.3 Å². The maximum absolute atomic E-state index is 12.2. The average molecular weight is 396 g/mol. The van der Waals surface area contributed by atoms with E-state index < -0.39 is 0 Å². The smallest absolute Gasteiger partial charge is 0.243 e. The van der Waals surface area contributed by atoms with Crippen molar-refractivity contribution in [3.8, 4) is 0 Å². The van der Waals surface area contributed by atoms with Gasteiger partial charge in [-0.3, -0.25) is 24.4 Å². The Morgan fingerprint density at radius 3 is 2.28 bits per heavy atom. The highest BCUT2D eigenvalue weighted by molar-refractivity contribution is 5.95. The minimum atomic E-state index is -0.212. The number of nitrogens with zero attached hydrogens (tertiary/aromatic N) is 3. The third-order valence-electron chi connectivity index (χ3n) is 5.14. The lowest BCUT2D eigenvalue weighted by Crippen LogP contribution is -2.49. The van der Waals surface area contributed by atoms with Crippen LogP contribution < -0.4 is 10.6 Å². The lowest BCUT2D eigenvalue weighted by atomic mass is 10.1. The minimum absolute atomic E-state index is 0.0216. The van der Waals surface area contributed by atoms with Gasteiger partial charge in [0, 0.05) is 44.6 Å². The van der Waals surface area contributed by atoms with Crippen LogP contribution in [0.4, 0.5) is 5.69 Å². The quantitative estimate of drug-likeness (QED) is 0.744. The molecule has 0 saturated carbocycles. The van der Waals surface area contributed by atoms with Crippen molar-refractivity contribution in [2.24, 2.45) is 0 Å². The Labute approximate surface area is 172 Å². The zero-order chi connectivity index (χ0) is 20.6. The Morgan fingerprint density at radius 1 is 0.931 bits per heavy atom. The molecule has 0 atom stereocenters. The van der Waals surface area contributed by atoms with Crippen molar-refractivity contribution in [3.05, 3.63) is 59.4 Å². The maximum Gasteiger partial charge on any atom is 0.243 e. The van der Waals surface area contributed by atoms with Crippen LogP contribution in [-0.4, -0.2) is 65.9 Å². The molecule has 0 spiro atoms. The lowest BCUT2D eigenvalue weighted by molar-refractivity contribution is -0.125. The summed E-state index contributed by atoms with van der Waals surface area (Å²) in [7, 11) is 0. The first-order valence-electron chi connectivity index (χ1n) is 9.98. The number of piperazine rings is 1. The number of amides is 2. The molecule has 1 aliphatic rings. The number of rotatable bonds is 7. The minimum Gasteiger partial charge on any atom is -0.346 e. The Hall–Kier alpha value is -2.77. The topological polar surface area (TPSA) is 77.6 Å². The summed E-state index contributed by atoms with van der Waals surface area (Å²) in [5.41, 5.74) is 3.89. The van der Waals surface area contributed by atoms with E-state index in [0.717, 1.165) is 55.2 Å². The predicted octanol–water partition coefficient (Wildman–Crippen LogP) is 1.57. The van der Waals surface area contributed by atoms with Crippen LogP contribution in [0.3, 0.4) is 0 Å². The molecular formula is C22H29N5O2. The highest BCUT2D eigenvalue weighted by Crippen LogP contribution is 2.19. The van der Waals surface area contributed by atoms with E-state index in [2.05, 4.69) is 25.4 Å². The van der Waals surface area contributed by atoms with Crippen LogP contribution in [0.2, 0.25) is 0 Å². The number of carbonyl (C=O) groups is 2. The van der Waals surface area contributed by atoms with Gasteiger partial charge >= 0.3 is 0 Å².